The molecule has 0 spiro atoms. The molecule has 4 nitrogen and oxygen atoms in total. The van der Waals surface area contributed by atoms with Crippen LogP contribution in [0.5, 0.6) is 0 Å². The van der Waals surface area contributed by atoms with E-state index in [2.05, 4.69) is 5.32 Å². The van der Waals surface area contributed by atoms with Gasteiger partial charge in [-0.2, -0.15) is 0 Å². The summed E-state index contributed by atoms with van der Waals surface area (Å²) < 4.78 is 5.16. The molecule has 1 aliphatic rings. The number of methoxy groups -OCH3 is 1. The van der Waals surface area contributed by atoms with Gasteiger partial charge >= 0.3 is 5.97 Å². The molecule has 0 aromatic rings. The summed E-state index contributed by atoms with van der Waals surface area (Å²) in [7, 11) is 1.75. The van der Waals surface area contributed by atoms with Crippen molar-refractivity contribution < 1.29 is 14.6 Å². The zero-order chi connectivity index (χ0) is 13.6. The van der Waals surface area contributed by atoms with E-state index in [1.807, 2.05) is 0 Å². The summed E-state index contributed by atoms with van der Waals surface area (Å²) in [6, 6.07) is 0. The van der Waals surface area contributed by atoms with Gasteiger partial charge < -0.3 is 15.2 Å². The van der Waals surface area contributed by atoms with E-state index in [4.69, 9.17) is 9.84 Å². The van der Waals surface area contributed by atoms with Crippen molar-refractivity contribution in [1.29, 1.82) is 0 Å². The Bertz CT molecular complexity index is 272. The lowest BCUT2D eigenvalue weighted by Crippen LogP contribution is -2.42. The number of carbonyl (C=O) groups is 1. The minimum atomic E-state index is -0.720. The normalized spacial score (nSPS) is 18.4. The maximum atomic E-state index is 11.0. The Hall–Kier alpha value is -0.610. The highest BCUT2D eigenvalue weighted by Crippen LogP contribution is 2.43. The van der Waals surface area contributed by atoms with Crippen LogP contribution in [-0.4, -0.2) is 37.9 Å². The Morgan fingerprint density at radius 3 is 2.56 bits per heavy atom. The molecule has 0 aromatic carbocycles. The van der Waals surface area contributed by atoms with Crippen molar-refractivity contribution in [3.8, 4) is 0 Å². The number of ether oxygens (including phenoxy) is 1. The predicted octanol–water partition coefficient (Wildman–Crippen LogP) is 2.28. The van der Waals surface area contributed by atoms with E-state index in [9.17, 15) is 4.79 Å². The molecule has 18 heavy (non-hydrogen) atoms. The zero-order valence-electron chi connectivity index (χ0n) is 11.9. The van der Waals surface area contributed by atoms with Crippen molar-refractivity contribution in [2.45, 2.75) is 46.0 Å². The van der Waals surface area contributed by atoms with Crippen molar-refractivity contribution in [2.75, 3.05) is 26.8 Å². The summed E-state index contributed by atoms with van der Waals surface area (Å²) in [5.74, 6) is -0.720. The number of nitrogens with one attached hydrogen (secondary N) is 1. The second-order valence-corrected chi connectivity index (χ2v) is 6.21. The third-order valence-electron chi connectivity index (χ3n) is 4.26. The lowest BCUT2D eigenvalue weighted by atomic mass is 9.66. The smallest absolute Gasteiger partial charge is 0.309 e. The third-order valence-corrected chi connectivity index (χ3v) is 4.26. The topological polar surface area (TPSA) is 58.6 Å². The van der Waals surface area contributed by atoms with E-state index in [1.54, 1.807) is 21.0 Å². The fourth-order valence-electron chi connectivity index (χ4n) is 2.37. The van der Waals surface area contributed by atoms with Gasteiger partial charge in [0.25, 0.3) is 0 Å². The zero-order valence-corrected chi connectivity index (χ0v) is 11.9. The molecule has 1 saturated carbocycles. The van der Waals surface area contributed by atoms with Crippen molar-refractivity contribution in [3.05, 3.63) is 0 Å². The Labute approximate surface area is 110 Å². The fourth-order valence-corrected chi connectivity index (χ4v) is 2.37. The quantitative estimate of drug-likeness (QED) is 0.622. The van der Waals surface area contributed by atoms with E-state index in [0.717, 1.165) is 26.1 Å². The van der Waals surface area contributed by atoms with Crippen LogP contribution in [0.15, 0.2) is 0 Å². The first-order valence-corrected chi connectivity index (χ1v) is 6.85. The molecule has 0 saturated heterocycles. The second-order valence-electron chi connectivity index (χ2n) is 6.21. The molecular formula is C14H27NO3. The van der Waals surface area contributed by atoms with Gasteiger partial charge in [-0.25, -0.2) is 0 Å². The molecule has 2 N–H and O–H groups in total. The van der Waals surface area contributed by atoms with E-state index in [1.165, 1.54) is 19.3 Å². The van der Waals surface area contributed by atoms with E-state index in [-0.39, 0.29) is 0 Å². The Morgan fingerprint density at radius 2 is 2.11 bits per heavy atom. The van der Waals surface area contributed by atoms with Gasteiger partial charge in [0.1, 0.15) is 0 Å². The summed E-state index contributed by atoms with van der Waals surface area (Å²) in [5, 5.41) is 12.5. The van der Waals surface area contributed by atoms with Crippen molar-refractivity contribution in [3.63, 3.8) is 0 Å². The molecule has 0 heterocycles. The number of carboxylic acids is 1. The molecule has 0 aliphatic heterocycles. The number of carboxylic acid groups (broad SMARTS) is 1. The lowest BCUT2D eigenvalue weighted by Gasteiger charge is -2.42. The van der Waals surface area contributed by atoms with Gasteiger partial charge in [0.2, 0.25) is 0 Å². The highest BCUT2D eigenvalue weighted by molar-refractivity contribution is 5.73. The highest BCUT2D eigenvalue weighted by Gasteiger charge is 2.36. The summed E-state index contributed by atoms with van der Waals surface area (Å²) in [5.41, 5.74) is -0.227. The van der Waals surface area contributed by atoms with Crippen LogP contribution in [-0.2, 0) is 9.53 Å². The summed E-state index contributed by atoms with van der Waals surface area (Å²) in [6.45, 7) is 6.14. The van der Waals surface area contributed by atoms with Gasteiger partial charge in [-0.3, -0.25) is 4.79 Å². The third kappa shape index (κ3) is 4.25. The van der Waals surface area contributed by atoms with E-state index >= 15 is 0 Å². The van der Waals surface area contributed by atoms with Crippen LogP contribution in [0.3, 0.4) is 0 Å². The predicted molar refractivity (Wildman–Crippen MR) is 71.7 cm³/mol. The molecule has 0 unspecified atom stereocenters. The second kappa shape index (κ2) is 6.53. The van der Waals surface area contributed by atoms with Gasteiger partial charge in [-0.1, -0.05) is 6.42 Å². The number of rotatable bonds is 9. The van der Waals surface area contributed by atoms with Crippen LogP contribution in [0.4, 0.5) is 0 Å². The molecule has 0 bridgehead atoms. The average molecular weight is 257 g/mol. The van der Waals surface area contributed by atoms with Crippen molar-refractivity contribution in [1.82, 2.24) is 5.32 Å². The first kappa shape index (κ1) is 15.4. The highest BCUT2D eigenvalue weighted by atomic mass is 16.5. The van der Waals surface area contributed by atoms with Gasteiger partial charge in [0.15, 0.2) is 0 Å². The molecule has 106 valence electrons. The molecule has 0 aromatic heterocycles. The van der Waals surface area contributed by atoms with E-state index in [0.29, 0.717) is 11.8 Å². The van der Waals surface area contributed by atoms with Crippen LogP contribution >= 0.6 is 0 Å². The Kier molecular flexibility index (Phi) is 5.60. The minimum Gasteiger partial charge on any atom is -0.481 e. The largest absolute Gasteiger partial charge is 0.481 e. The van der Waals surface area contributed by atoms with Crippen molar-refractivity contribution >= 4 is 5.97 Å². The molecule has 1 aliphatic carbocycles. The van der Waals surface area contributed by atoms with Crippen molar-refractivity contribution in [2.24, 2.45) is 10.8 Å². The number of hydrogen-bond donors (Lipinski definition) is 2. The van der Waals surface area contributed by atoms with Gasteiger partial charge in [-0.05, 0) is 51.5 Å². The maximum absolute atomic E-state index is 11.0. The van der Waals surface area contributed by atoms with Crippen LogP contribution in [0, 0.1) is 10.8 Å². The molecule has 0 atom stereocenters. The SMILES string of the molecule is COCCC1(CNCCC(C)(C)C(=O)O)CCC1. The monoisotopic (exact) mass is 257 g/mol. The van der Waals surface area contributed by atoms with E-state index < -0.39 is 11.4 Å². The Morgan fingerprint density at radius 1 is 1.44 bits per heavy atom. The summed E-state index contributed by atoms with van der Waals surface area (Å²) >= 11 is 0. The lowest BCUT2D eigenvalue weighted by molar-refractivity contribution is -0.147. The standard InChI is InChI=1S/C14H27NO3/c1-13(2,12(16)17)7-9-15-11-14(5-4-6-14)8-10-18-3/h15H,4-11H2,1-3H3,(H,16,17). The molecule has 0 radical (unpaired) electrons. The molecule has 1 fully saturated rings. The first-order valence-electron chi connectivity index (χ1n) is 6.85. The molecule has 4 heteroatoms. The summed E-state index contributed by atoms with van der Waals surface area (Å²) in [4.78, 5) is 11.0. The van der Waals surface area contributed by atoms with Gasteiger partial charge in [0, 0.05) is 20.3 Å². The molecule has 0 amide bonds. The van der Waals surface area contributed by atoms with Crippen LogP contribution in [0.2, 0.25) is 0 Å². The molecule has 1 rings (SSSR count). The number of aliphatic carboxylic acids is 1. The average Bonchev–Trinajstić information content (AvgIpc) is 2.26. The van der Waals surface area contributed by atoms with Gasteiger partial charge in [-0.15, -0.1) is 0 Å². The first-order chi connectivity index (χ1) is 8.42. The molecular weight excluding hydrogens is 230 g/mol. The van der Waals surface area contributed by atoms with Crippen LogP contribution in [0.25, 0.3) is 0 Å². The van der Waals surface area contributed by atoms with Crippen LogP contribution in [0.1, 0.15) is 46.0 Å². The Balaban J connectivity index is 2.22. The summed E-state index contributed by atoms with van der Waals surface area (Å²) in [6.07, 6.45) is 5.63. The van der Waals surface area contributed by atoms with Crippen LogP contribution < -0.4 is 5.32 Å². The van der Waals surface area contributed by atoms with Gasteiger partial charge in [0.05, 0.1) is 5.41 Å². The number of hydrogen-bond acceptors (Lipinski definition) is 3. The minimum absolute atomic E-state index is 0.406. The maximum Gasteiger partial charge on any atom is 0.309 e. The fraction of sp³-hybridized carbons (Fsp3) is 0.929.